The highest BCUT2D eigenvalue weighted by molar-refractivity contribution is 7.17. The molecule has 1 heterocycles. The van der Waals surface area contributed by atoms with Crippen molar-refractivity contribution in [1.82, 2.24) is 0 Å². The van der Waals surface area contributed by atoms with Gasteiger partial charge in [-0.05, 0) is 49.7 Å². The van der Waals surface area contributed by atoms with Crippen molar-refractivity contribution in [3.8, 4) is 0 Å². The number of nitrogens with one attached hydrogen (secondary N) is 1. The lowest BCUT2D eigenvalue weighted by molar-refractivity contribution is -0.114. The van der Waals surface area contributed by atoms with Gasteiger partial charge in [0.2, 0.25) is 5.91 Å². The van der Waals surface area contributed by atoms with Crippen LogP contribution in [-0.2, 0) is 22.4 Å². The Morgan fingerprint density at radius 2 is 2.04 bits per heavy atom. The first-order chi connectivity index (χ1) is 12.1. The van der Waals surface area contributed by atoms with Gasteiger partial charge < -0.3 is 10.1 Å². The number of carbonyl (C=O) groups excluding carboxylic acids is 2. The van der Waals surface area contributed by atoms with Crippen LogP contribution in [0.25, 0.3) is 0 Å². The molecule has 1 aromatic carbocycles. The van der Waals surface area contributed by atoms with Crippen LogP contribution in [0, 0.1) is 0 Å². The number of hydrogen-bond donors (Lipinski definition) is 1. The Hall–Kier alpha value is -2.14. The molecular weight excluding hydrogens is 334 g/mol. The molecule has 1 atom stereocenters. The van der Waals surface area contributed by atoms with Gasteiger partial charge in [-0.3, -0.25) is 4.79 Å². The lowest BCUT2D eigenvalue weighted by atomic mass is 9.84. The maximum Gasteiger partial charge on any atom is 0.341 e. The molecule has 1 aliphatic carbocycles. The average Bonchev–Trinajstić information content (AvgIpc) is 2.94. The van der Waals surface area contributed by atoms with Crippen LogP contribution in [-0.4, -0.2) is 18.5 Å². The van der Waals surface area contributed by atoms with Crippen molar-refractivity contribution in [2.45, 2.75) is 45.4 Å². The molecule has 4 nitrogen and oxygen atoms in total. The molecule has 1 amide bonds. The molecule has 1 unspecified atom stereocenters. The third-order valence-corrected chi connectivity index (χ3v) is 5.79. The number of ether oxygens (including phenoxy) is 1. The second-order valence-corrected chi connectivity index (χ2v) is 7.38. The molecule has 0 spiro atoms. The third kappa shape index (κ3) is 3.93. The van der Waals surface area contributed by atoms with E-state index >= 15 is 0 Å². The molecule has 0 fully saturated rings. The van der Waals surface area contributed by atoms with Gasteiger partial charge in [-0.25, -0.2) is 4.79 Å². The fourth-order valence-electron chi connectivity index (χ4n) is 3.48. The maximum absolute atomic E-state index is 12.5. The highest BCUT2D eigenvalue weighted by atomic mass is 32.1. The Kier molecular flexibility index (Phi) is 5.53. The van der Waals surface area contributed by atoms with Gasteiger partial charge in [0.05, 0.1) is 12.2 Å². The Bertz CT molecular complexity index is 767. The number of amides is 1. The molecule has 0 saturated carbocycles. The summed E-state index contributed by atoms with van der Waals surface area (Å²) in [5.74, 6) is -0.111. The summed E-state index contributed by atoms with van der Waals surface area (Å²) >= 11 is 1.54. The van der Waals surface area contributed by atoms with E-state index in [2.05, 4.69) is 29.6 Å². The molecule has 25 heavy (non-hydrogen) atoms. The van der Waals surface area contributed by atoms with E-state index in [1.165, 1.54) is 28.7 Å². The predicted octanol–water partition coefficient (Wildman–Crippen LogP) is 4.55. The molecule has 132 valence electrons. The minimum atomic E-state index is -0.330. The van der Waals surface area contributed by atoms with Crippen molar-refractivity contribution < 1.29 is 14.3 Å². The average molecular weight is 357 g/mol. The molecular formula is C20H23NO3S. The van der Waals surface area contributed by atoms with Gasteiger partial charge in [-0.1, -0.05) is 30.3 Å². The molecule has 0 bridgehead atoms. The zero-order chi connectivity index (χ0) is 17.8. The van der Waals surface area contributed by atoms with Crippen LogP contribution in [0.15, 0.2) is 30.3 Å². The van der Waals surface area contributed by atoms with Crippen molar-refractivity contribution in [2.75, 3.05) is 11.9 Å². The van der Waals surface area contributed by atoms with Gasteiger partial charge in [-0.15, -0.1) is 11.3 Å². The molecule has 0 radical (unpaired) electrons. The van der Waals surface area contributed by atoms with E-state index in [-0.39, 0.29) is 11.9 Å². The van der Waals surface area contributed by atoms with Crippen molar-refractivity contribution in [3.05, 3.63) is 51.9 Å². The topological polar surface area (TPSA) is 55.4 Å². The van der Waals surface area contributed by atoms with E-state index < -0.39 is 0 Å². The van der Waals surface area contributed by atoms with E-state index in [0.717, 1.165) is 31.2 Å². The van der Waals surface area contributed by atoms with Crippen LogP contribution in [0.4, 0.5) is 5.00 Å². The molecule has 3 rings (SSSR count). The molecule has 0 aliphatic heterocycles. The number of fused-ring (bicyclic) bond motifs is 1. The normalized spacial score (nSPS) is 16.2. The lowest BCUT2D eigenvalue weighted by Crippen LogP contribution is -2.15. The van der Waals surface area contributed by atoms with E-state index in [0.29, 0.717) is 23.1 Å². The highest BCUT2D eigenvalue weighted by Crippen LogP contribution is 2.45. The second kappa shape index (κ2) is 7.83. The van der Waals surface area contributed by atoms with Crippen LogP contribution in [0.2, 0.25) is 0 Å². The fourth-order valence-corrected chi connectivity index (χ4v) is 4.90. The monoisotopic (exact) mass is 357 g/mol. The summed E-state index contributed by atoms with van der Waals surface area (Å²) in [7, 11) is 0. The summed E-state index contributed by atoms with van der Waals surface area (Å²) in [6.07, 6.45) is 3.97. The first kappa shape index (κ1) is 17.7. The van der Waals surface area contributed by atoms with Crippen molar-refractivity contribution >= 4 is 28.2 Å². The smallest absolute Gasteiger partial charge is 0.341 e. The number of esters is 1. The third-order valence-electron chi connectivity index (χ3n) is 4.48. The molecule has 0 saturated heterocycles. The minimum absolute atomic E-state index is 0.163. The molecule has 1 aliphatic rings. The summed E-state index contributed by atoms with van der Waals surface area (Å²) < 4.78 is 5.24. The molecule has 1 aromatic heterocycles. The second-order valence-electron chi connectivity index (χ2n) is 6.33. The Labute approximate surface area is 152 Å². The van der Waals surface area contributed by atoms with Crippen LogP contribution >= 0.6 is 11.3 Å². The van der Waals surface area contributed by atoms with Gasteiger partial charge in [0.15, 0.2) is 0 Å². The standard InChI is InChI=1S/C20H23NO3S/c1-3-24-20(23)17-16-11-7-10-15(12-14-8-5-4-6-9-14)18(16)25-19(17)21-13(2)22/h4-6,8-9,15H,3,7,10-12H2,1-2H3,(H,21,22). The summed E-state index contributed by atoms with van der Waals surface area (Å²) in [6.45, 7) is 3.60. The maximum atomic E-state index is 12.5. The quantitative estimate of drug-likeness (QED) is 0.799. The zero-order valence-corrected chi connectivity index (χ0v) is 15.4. The van der Waals surface area contributed by atoms with Gasteiger partial charge >= 0.3 is 5.97 Å². The minimum Gasteiger partial charge on any atom is -0.462 e. The van der Waals surface area contributed by atoms with Gasteiger partial charge in [0.1, 0.15) is 5.00 Å². The molecule has 1 N–H and O–H groups in total. The summed E-state index contributed by atoms with van der Waals surface area (Å²) in [5.41, 5.74) is 2.93. The number of anilines is 1. The van der Waals surface area contributed by atoms with E-state index in [1.54, 1.807) is 6.92 Å². The fraction of sp³-hybridized carbons (Fsp3) is 0.400. The number of rotatable bonds is 5. The van der Waals surface area contributed by atoms with Gasteiger partial charge in [-0.2, -0.15) is 0 Å². The number of carbonyl (C=O) groups is 2. The lowest BCUT2D eigenvalue weighted by Gasteiger charge is -2.23. The summed E-state index contributed by atoms with van der Waals surface area (Å²) in [6, 6.07) is 10.4. The van der Waals surface area contributed by atoms with Crippen LogP contribution in [0.1, 0.15) is 59.0 Å². The van der Waals surface area contributed by atoms with Gasteiger partial charge in [0, 0.05) is 11.8 Å². The Morgan fingerprint density at radius 3 is 2.72 bits per heavy atom. The summed E-state index contributed by atoms with van der Waals surface area (Å²) in [4.78, 5) is 25.3. The van der Waals surface area contributed by atoms with Crippen LogP contribution in [0.5, 0.6) is 0 Å². The Balaban J connectivity index is 1.98. The molecule has 2 aromatic rings. The zero-order valence-electron chi connectivity index (χ0n) is 14.6. The number of benzene rings is 1. The molecule has 5 heteroatoms. The largest absolute Gasteiger partial charge is 0.462 e. The van der Waals surface area contributed by atoms with Crippen LogP contribution < -0.4 is 5.32 Å². The summed E-state index contributed by atoms with van der Waals surface area (Å²) in [5, 5.41) is 3.47. The number of hydrogen-bond acceptors (Lipinski definition) is 4. The van der Waals surface area contributed by atoms with Gasteiger partial charge in [0.25, 0.3) is 0 Å². The van der Waals surface area contributed by atoms with E-state index in [4.69, 9.17) is 4.74 Å². The van der Waals surface area contributed by atoms with Crippen LogP contribution in [0.3, 0.4) is 0 Å². The Morgan fingerprint density at radius 1 is 1.28 bits per heavy atom. The van der Waals surface area contributed by atoms with Crippen molar-refractivity contribution in [2.24, 2.45) is 0 Å². The SMILES string of the molecule is CCOC(=O)c1c(NC(C)=O)sc2c1CCCC2Cc1ccccc1. The first-order valence-electron chi connectivity index (χ1n) is 8.74. The number of thiophene rings is 1. The highest BCUT2D eigenvalue weighted by Gasteiger charge is 2.31. The van der Waals surface area contributed by atoms with E-state index in [1.807, 2.05) is 6.07 Å². The van der Waals surface area contributed by atoms with Crippen molar-refractivity contribution in [1.29, 1.82) is 0 Å². The predicted molar refractivity (Wildman–Crippen MR) is 100 cm³/mol. The first-order valence-corrected chi connectivity index (χ1v) is 9.56. The van der Waals surface area contributed by atoms with E-state index in [9.17, 15) is 9.59 Å². The van der Waals surface area contributed by atoms with Crippen molar-refractivity contribution in [3.63, 3.8) is 0 Å².